The molecule has 2 rings (SSSR count). The van der Waals surface area contributed by atoms with E-state index in [-0.39, 0.29) is 11.8 Å². The summed E-state index contributed by atoms with van der Waals surface area (Å²) in [6.45, 7) is 3.39. The van der Waals surface area contributed by atoms with Crippen LogP contribution in [-0.4, -0.2) is 32.7 Å². The van der Waals surface area contributed by atoms with Crippen LogP contribution in [0.1, 0.15) is 24.3 Å². The third-order valence-corrected chi connectivity index (χ3v) is 4.03. The van der Waals surface area contributed by atoms with Gasteiger partial charge in [-0.3, -0.25) is 0 Å². The first-order chi connectivity index (χ1) is 8.05. The Labute approximate surface area is 101 Å². The lowest BCUT2D eigenvalue weighted by Gasteiger charge is -2.23. The molecule has 0 aromatic carbocycles. The molecule has 6 nitrogen and oxygen atoms in total. The molecule has 0 bridgehead atoms. The van der Waals surface area contributed by atoms with E-state index in [1.807, 2.05) is 0 Å². The molecule has 0 aliphatic carbocycles. The Balaban J connectivity index is 1.94. The zero-order valence-electron chi connectivity index (χ0n) is 9.77. The SMILES string of the molecule is Cc1cc(CS(=O)(=O)N[C@H]2CCCNC2)no1. The quantitative estimate of drug-likeness (QED) is 0.804. The van der Waals surface area contributed by atoms with Crippen LogP contribution in [0.2, 0.25) is 0 Å². The molecule has 1 aromatic rings. The Morgan fingerprint density at radius 2 is 2.47 bits per heavy atom. The second kappa shape index (κ2) is 5.16. The predicted octanol–water partition coefficient (Wildman–Crippen LogP) is 0.154. The van der Waals surface area contributed by atoms with E-state index in [0.717, 1.165) is 19.4 Å². The van der Waals surface area contributed by atoms with Crippen LogP contribution in [0.15, 0.2) is 10.6 Å². The minimum absolute atomic E-state index is 0.0123. The topological polar surface area (TPSA) is 84.2 Å². The summed E-state index contributed by atoms with van der Waals surface area (Å²) in [7, 11) is -3.33. The van der Waals surface area contributed by atoms with Crippen LogP contribution < -0.4 is 10.0 Å². The van der Waals surface area contributed by atoms with Crippen molar-refractivity contribution < 1.29 is 12.9 Å². The molecule has 1 aliphatic heterocycles. The van der Waals surface area contributed by atoms with Crippen LogP contribution in [0.3, 0.4) is 0 Å². The molecular formula is C10H17N3O3S. The Kier molecular flexibility index (Phi) is 3.80. The van der Waals surface area contributed by atoms with E-state index in [4.69, 9.17) is 4.52 Å². The number of rotatable bonds is 4. The fourth-order valence-electron chi connectivity index (χ4n) is 1.93. The van der Waals surface area contributed by atoms with E-state index in [1.165, 1.54) is 0 Å². The summed E-state index contributed by atoms with van der Waals surface area (Å²) < 4.78 is 31.2. The van der Waals surface area contributed by atoms with Gasteiger partial charge in [-0.1, -0.05) is 5.16 Å². The van der Waals surface area contributed by atoms with Crippen LogP contribution >= 0.6 is 0 Å². The van der Waals surface area contributed by atoms with Crippen LogP contribution in [0.4, 0.5) is 0 Å². The zero-order chi connectivity index (χ0) is 12.3. The summed E-state index contributed by atoms with van der Waals surface area (Å²) in [4.78, 5) is 0. The first-order valence-corrected chi connectivity index (χ1v) is 7.33. The van der Waals surface area contributed by atoms with E-state index < -0.39 is 10.0 Å². The van der Waals surface area contributed by atoms with Gasteiger partial charge < -0.3 is 9.84 Å². The predicted molar refractivity (Wildman–Crippen MR) is 62.9 cm³/mol. The van der Waals surface area contributed by atoms with Gasteiger partial charge in [0, 0.05) is 18.7 Å². The molecule has 17 heavy (non-hydrogen) atoms. The van der Waals surface area contributed by atoms with Crippen molar-refractivity contribution in [3.8, 4) is 0 Å². The molecule has 7 heteroatoms. The summed E-state index contributed by atoms with van der Waals surface area (Å²) in [6, 6.07) is 1.62. The lowest BCUT2D eigenvalue weighted by atomic mass is 10.1. The van der Waals surface area contributed by atoms with Crippen LogP contribution in [0.5, 0.6) is 0 Å². The lowest BCUT2D eigenvalue weighted by molar-refractivity contribution is 0.391. The molecule has 0 spiro atoms. The highest BCUT2D eigenvalue weighted by molar-refractivity contribution is 7.88. The van der Waals surface area contributed by atoms with E-state index in [1.54, 1.807) is 13.0 Å². The van der Waals surface area contributed by atoms with Gasteiger partial charge in [0.25, 0.3) is 0 Å². The van der Waals surface area contributed by atoms with Crippen LogP contribution in [0.25, 0.3) is 0 Å². The third kappa shape index (κ3) is 3.79. The second-order valence-electron chi connectivity index (χ2n) is 4.35. The van der Waals surface area contributed by atoms with E-state index in [9.17, 15) is 8.42 Å². The third-order valence-electron chi connectivity index (χ3n) is 2.66. The second-order valence-corrected chi connectivity index (χ2v) is 6.10. The molecular weight excluding hydrogens is 242 g/mol. The van der Waals surface area contributed by atoms with Gasteiger partial charge in [-0.05, 0) is 26.3 Å². The largest absolute Gasteiger partial charge is 0.361 e. The summed E-state index contributed by atoms with van der Waals surface area (Å²) in [6.07, 6.45) is 1.88. The maximum Gasteiger partial charge on any atom is 0.217 e. The molecule has 0 radical (unpaired) electrons. The molecule has 2 N–H and O–H groups in total. The standard InChI is InChI=1S/C10H17N3O3S/c1-8-5-10(12-16-8)7-17(14,15)13-9-3-2-4-11-6-9/h5,9,11,13H,2-4,6-7H2,1H3/t9-/m0/s1. The number of aryl methyl sites for hydroxylation is 1. The highest BCUT2D eigenvalue weighted by Gasteiger charge is 2.21. The Morgan fingerprint density at radius 1 is 1.65 bits per heavy atom. The molecule has 1 saturated heterocycles. The number of sulfonamides is 1. The number of hydrogen-bond donors (Lipinski definition) is 2. The van der Waals surface area contributed by atoms with E-state index >= 15 is 0 Å². The molecule has 0 unspecified atom stereocenters. The first kappa shape index (κ1) is 12.5. The molecule has 1 fully saturated rings. The smallest absolute Gasteiger partial charge is 0.217 e. The summed E-state index contributed by atoms with van der Waals surface area (Å²) in [5.41, 5.74) is 0.443. The average molecular weight is 259 g/mol. The van der Waals surface area contributed by atoms with Gasteiger partial charge in [-0.15, -0.1) is 0 Å². The Bertz CT molecular complexity index is 463. The Morgan fingerprint density at radius 3 is 3.06 bits per heavy atom. The molecule has 1 aliphatic rings. The molecule has 1 atom stereocenters. The molecule has 2 heterocycles. The molecule has 0 amide bonds. The van der Waals surface area contributed by atoms with Gasteiger partial charge in [-0.2, -0.15) is 0 Å². The number of hydrogen-bond acceptors (Lipinski definition) is 5. The fraction of sp³-hybridized carbons (Fsp3) is 0.700. The van der Waals surface area contributed by atoms with Gasteiger partial charge in [0.15, 0.2) is 0 Å². The number of piperidine rings is 1. The number of nitrogens with zero attached hydrogens (tertiary/aromatic N) is 1. The molecule has 0 saturated carbocycles. The lowest BCUT2D eigenvalue weighted by Crippen LogP contribution is -2.45. The van der Waals surface area contributed by atoms with Crippen molar-refractivity contribution in [3.63, 3.8) is 0 Å². The summed E-state index contributed by atoms with van der Waals surface area (Å²) in [5.74, 6) is 0.496. The molecule has 1 aromatic heterocycles. The van der Waals surface area contributed by atoms with E-state index in [0.29, 0.717) is 18.0 Å². The average Bonchev–Trinajstić information content (AvgIpc) is 2.63. The zero-order valence-corrected chi connectivity index (χ0v) is 10.6. The summed E-state index contributed by atoms with van der Waals surface area (Å²) >= 11 is 0. The maximum atomic E-state index is 11.9. The van der Waals surface area contributed by atoms with Gasteiger partial charge in [0.1, 0.15) is 17.2 Å². The van der Waals surface area contributed by atoms with Gasteiger partial charge in [0.05, 0.1) is 0 Å². The van der Waals surface area contributed by atoms with Crippen molar-refractivity contribution in [1.29, 1.82) is 0 Å². The minimum Gasteiger partial charge on any atom is -0.361 e. The number of nitrogens with one attached hydrogen (secondary N) is 2. The van der Waals surface area contributed by atoms with Gasteiger partial charge >= 0.3 is 0 Å². The van der Waals surface area contributed by atoms with Crippen molar-refractivity contribution >= 4 is 10.0 Å². The van der Waals surface area contributed by atoms with Crippen LogP contribution in [0, 0.1) is 6.92 Å². The monoisotopic (exact) mass is 259 g/mol. The normalized spacial score (nSPS) is 21.6. The number of aromatic nitrogens is 1. The highest BCUT2D eigenvalue weighted by Crippen LogP contribution is 2.08. The highest BCUT2D eigenvalue weighted by atomic mass is 32.2. The van der Waals surface area contributed by atoms with E-state index in [2.05, 4.69) is 15.2 Å². The fourth-order valence-corrected chi connectivity index (χ4v) is 3.25. The summed E-state index contributed by atoms with van der Waals surface area (Å²) in [5, 5.41) is 6.85. The first-order valence-electron chi connectivity index (χ1n) is 5.68. The van der Waals surface area contributed by atoms with Crippen molar-refractivity contribution in [2.75, 3.05) is 13.1 Å². The maximum absolute atomic E-state index is 11.9. The van der Waals surface area contributed by atoms with Gasteiger partial charge in [-0.25, -0.2) is 13.1 Å². The van der Waals surface area contributed by atoms with Crippen molar-refractivity contribution in [3.05, 3.63) is 17.5 Å². The van der Waals surface area contributed by atoms with Crippen molar-refractivity contribution in [1.82, 2.24) is 15.2 Å². The van der Waals surface area contributed by atoms with Crippen LogP contribution in [-0.2, 0) is 15.8 Å². The molecule has 96 valence electrons. The van der Waals surface area contributed by atoms with Crippen molar-refractivity contribution in [2.24, 2.45) is 0 Å². The van der Waals surface area contributed by atoms with Gasteiger partial charge in [0.2, 0.25) is 10.0 Å². The van der Waals surface area contributed by atoms with Crippen molar-refractivity contribution in [2.45, 2.75) is 31.6 Å². The minimum atomic E-state index is -3.33. The Hall–Kier alpha value is -0.920.